The van der Waals surface area contributed by atoms with Crippen molar-refractivity contribution in [1.29, 1.82) is 0 Å². The monoisotopic (exact) mass is 392 g/mol. The molecule has 2 aromatic carbocycles. The molecular formula is C23H22NO3S+. The first-order valence-corrected chi connectivity index (χ1v) is 10.2. The van der Waals surface area contributed by atoms with E-state index in [0.29, 0.717) is 18.5 Å². The van der Waals surface area contributed by atoms with Crippen molar-refractivity contribution in [3.63, 3.8) is 0 Å². The minimum atomic E-state index is -0.396. The Balaban J connectivity index is 1.71. The molecule has 3 N–H and O–H groups in total. The Morgan fingerprint density at radius 3 is 2.61 bits per heavy atom. The van der Waals surface area contributed by atoms with Crippen molar-refractivity contribution in [2.45, 2.75) is 25.9 Å². The van der Waals surface area contributed by atoms with Gasteiger partial charge in [-0.2, -0.15) is 0 Å². The first kappa shape index (κ1) is 18.5. The molecule has 4 aromatic rings. The molecule has 0 amide bonds. The molecule has 0 saturated carbocycles. The van der Waals surface area contributed by atoms with Crippen molar-refractivity contribution < 1.29 is 14.8 Å². The summed E-state index contributed by atoms with van der Waals surface area (Å²) in [5, 5.41) is 15.3. The lowest BCUT2D eigenvalue weighted by Gasteiger charge is -2.15. The smallest absolute Gasteiger partial charge is 0.336 e. The number of aromatic hydroxyl groups is 1. The van der Waals surface area contributed by atoms with E-state index in [1.165, 1.54) is 10.4 Å². The fraction of sp³-hybridized carbons (Fsp3) is 0.174. The van der Waals surface area contributed by atoms with Gasteiger partial charge in [0.2, 0.25) is 0 Å². The third-order valence-corrected chi connectivity index (χ3v) is 5.95. The van der Waals surface area contributed by atoms with Crippen molar-refractivity contribution in [3.05, 3.63) is 98.0 Å². The van der Waals surface area contributed by atoms with Crippen LogP contribution in [0.1, 0.15) is 34.5 Å². The van der Waals surface area contributed by atoms with Gasteiger partial charge in [-0.25, -0.2) is 4.79 Å². The normalized spacial score (nSPS) is 12.3. The zero-order valence-electron chi connectivity index (χ0n) is 15.6. The molecule has 0 unspecified atom stereocenters. The molecule has 0 radical (unpaired) electrons. The van der Waals surface area contributed by atoms with E-state index < -0.39 is 5.63 Å². The molecule has 0 spiro atoms. The maximum absolute atomic E-state index is 12.1. The predicted octanol–water partition coefficient (Wildman–Crippen LogP) is 3.98. The number of quaternary nitrogens is 1. The Morgan fingerprint density at radius 2 is 1.89 bits per heavy atom. The van der Waals surface area contributed by atoms with Gasteiger partial charge in [-0.3, -0.25) is 0 Å². The molecular weight excluding hydrogens is 370 g/mol. The molecule has 0 saturated heterocycles. The summed E-state index contributed by atoms with van der Waals surface area (Å²) in [6, 6.07) is 19.8. The van der Waals surface area contributed by atoms with Gasteiger partial charge in [0.1, 0.15) is 23.9 Å². The van der Waals surface area contributed by atoms with Gasteiger partial charge in [-0.05, 0) is 29.5 Å². The van der Waals surface area contributed by atoms with E-state index in [1.54, 1.807) is 23.5 Å². The largest absolute Gasteiger partial charge is 0.508 e. The number of fused-ring (bicyclic) bond motifs is 1. The summed E-state index contributed by atoms with van der Waals surface area (Å²) < 4.78 is 5.32. The van der Waals surface area contributed by atoms with Crippen LogP contribution in [0.2, 0.25) is 0 Å². The zero-order valence-corrected chi connectivity index (χ0v) is 16.4. The summed E-state index contributed by atoms with van der Waals surface area (Å²) in [7, 11) is 0. The second kappa shape index (κ2) is 8.00. The first-order valence-electron chi connectivity index (χ1n) is 9.36. The number of benzene rings is 2. The number of rotatable bonds is 6. The molecule has 2 heterocycles. The lowest BCUT2D eigenvalue weighted by atomic mass is 10.0. The molecule has 2 aromatic heterocycles. The number of hydrogen-bond donors (Lipinski definition) is 2. The van der Waals surface area contributed by atoms with E-state index in [9.17, 15) is 9.90 Å². The van der Waals surface area contributed by atoms with Crippen molar-refractivity contribution >= 4 is 22.3 Å². The van der Waals surface area contributed by atoms with Gasteiger partial charge >= 0.3 is 5.63 Å². The Morgan fingerprint density at radius 1 is 1.07 bits per heavy atom. The van der Waals surface area contributed by atoms with Crippen LogP contribution in [0.25, 0.3) is 11.0 Å². The Bertz CT molecular complexity index is 1130. The molecule has 1 atom stereocenters. The summed E-state index contributed by atoms with van der Waals surface area (Å²) >= 11 is 1.73. The summed E-state index contributed by atoms with van der Waals surface area (Å²) in [6.45, 7) is 2.63. The van der Waals surface area contributed by atoms with Crippen LogP contribution < -0.4 is 10.9 Å². The molecule has 0 bridgehead atoms. The quantitative estimate of drug-likeness (QED) is 0.488. The number of hydrogen-bond acceptors (Lipinski definition) is 4. The van der Waals surface area contributed by atoms with Crippen LogP contribution in [0, 0.1) is 0 Å². The maximum Gasteiger partial charge on any atom is 0.336 e. The second-order valence-corrected chi connectivity index (χ2v) is 7.74. The molecule has 0 aliphatic rings. The maximum atomic E-state index is 12.1. The Labute approximate surface area is 167 Å². The third kappa shape index (κ3) is 3.72. The highest BCUT2D eigenvalue weighted by molar-refractivity contribution is 7.10. The lowest BCUT2D eigenvalue weighted by Crippen LogP contribution is -2.83. The molecule has 28 heavy (non-hydrogen) atoms. The van der Waals surface area contributed by atoms with Crippen LogP contribution in [0.4, 0.5) is 0 Å². The highest BCUT2D eigenvalue weighted by atomic mass is 32.1. The van der Waals surface area contributed by atoms with E-state index in [4.69, 9.17) is 4.42 Å². The first-order chi connectivity index (χ1) is 13.7. The fourth-order valence-corrected chi connectivity index (χ4v) is 4.40. The lowest BCUT2D eigenvalue weighted by molar-refractivity contribution is -0.701. The third-order valence-electron chi connectivity index (χ3n) is 4.99. The van der Waals surface area contributed by atoms with Crippen LogP contribution in [0.3, 0.4) is 0 Å². The number of thiophene rings is 1. The van der Waals surface area contributed by atoms with Crippen LogP contribution in [0.15, 0.2) is 75.3 Å². The van der Waals surface area contributed by atoms with Gasteiger partial charge in [-0.1, -0.05) is 43.3 Å². The summed E-state index contributed by atoms with van der Waals surface area (Å²) in [6.07, 6.45) is 0.714. The molecule has 142 valence electrons. The van der Waals surface area contributed by atoms with Crippen molar-refractivity contribution in [2.24, 2.45) is 0 Å². The van der Waals surface area contributed by atoms with E-state index in [2.05, 4.69) is 35.0 Å². The highest BCUT2D eigenvalue weighted by Crippen LogP contribution is 2.27. The van der Waals surface area contributed by atoms with Crippen molar-refractivity contribution in [2.75, 3.05) is 0 Å². The summed E-state index contributed by atoms with van der Waals surface area (Å²) in [5.41, 5.74) is 3.02. The number of nitrogens with two attached hydrogens (primary N) is 1. The van der Waals surface area contributed by atoms with E-state index in [1.807, 2.05) is 31.2 Å². The predicted molar refractivity (Wildman–Crippen MR) is 112 cm³/mol. The topological polar surface area (TPSA) is 67.0 Å². The van der Waals surface area contributed by atoms with Gasteiger partial charge in [0.05, 0.1) is 4.88 Å². The SMILES string of the molecule is CCc1cc2c(C[NH2+][C@@H](c3ccccc3)c3cccs3)cc(=O)oc2cc1O. The van der Waals surface area contributed by atoms with Crippen LogP contribution in [-0.4, -0.2) is 5.11 Å². The highest BCUT2D eigenvalue weighted by Gasteiger charge is 2.19. The van der Waals surface area contributed by atoms with E-state index >= 15 is 0 Å². The fourth-order valence-electron chi connectivity index (χ4n) is 3.55. The van der Waals surface area contributed by atoms with Gasteiger partial charge in [-0.15, -0.1) is 11.3 Å². The molecule has 4 rings (SSSR count). The molecule has 4 nitrogen and oxygen atoms in total. The number of phenolic OH excluding ortho intramolecular Hbond substituents is 1. The summed E-state index contributed by atoms with van der Waals surface area (Å²) in [5.74, 6) is 0.167. The van der Waals surface area contributed by atoms with Crippen molar-refractivity contribution in [3.8, 4) is 5.75 Å². The molecule has 5 heteroatoms. The number of phenols is 1. The van der Waals surface area contributed by atoms with Gasteiger partial charge < -0.3 is 14.8 Å². The van der Waals surface area contributed by atoms with Crippen LogP contribution >= 0.6 is 11.3 Å². The molecule has 0 aliphatic carbocycles. The van der Waals surface area contributed by atoms with Crippen LogP contribution in [0.5, 0.6) is 5.75 Å². The van der Waals surface area contributed by atoms with Gasteiger partial charge in [0.25, 0.3) is 0 Å². The van der Waals surface area contributed by atoms with Gasteiger partial charge in [0, 0.05) is 28.6 Å². The van der Waals surface area contributed by atoms with Crippen LogP contribution in [-0.2, 0) is 13.0 Å². The standard InChI is InChI=1S/C23H21NO3S/c1-2-15-11-18-17(12-22(26)27-20(18)13-19(15)25)14-24-23(21-9-6-10-28-21)16-7-4-3-5-8-16/h3-13,23-25H,2,14H2,1H3/p+1/t23-/m0/s1. The molecule has 0 fully saturated rings. The van der Waals surface area contributed by atoms with E-state index in [-0.39, 0.29) is 11.8 Å². The molecule has 0 aliphatic heterocycles. The minimum absolute atomic E-state index is 0.159. The minimum Gasteiger partial charge on any atom is -0.508 e. The Hall–Kier alpha value is -2.89. The van der Waals surface area contributed by atoms with Crippen molar-refractivity contribution in [1.82, 2.24) is 0 Å². The average molecular weight is 393 g/mol. The van der Waals surface area contributed by atoms with Gasteiger partial charge in [0.15, 0.2) is 0 Å². The second-order valence-electron chi connectivity index (χ2n) is 6.76. The Kier molecular flexibility index (Phi) is 5.28. The summed E-state index contributed by atoms with van der Waals surface area (Å²) in [4.78, 5) is 13.3. The number of aryl methyl sites for hydroxylation is 1. The zero-order chi connectivity index (χ0) is 19.5. The van der Waals surface area contributed by atoms with E-state index in [0.717, 1.165) is 16.5 Å². The average Bonchev–Trinajstić information content (AvgIpc) is 3.23.